The predicted octanol–water partition coefficient (Wildman–Crippen LogP) is 2.69. The smallest absolute Gasteiger partial charge is 0.497 e. The third-order valence-electron chi connectivity index (χ3n) is 1.32. The van der Waals surface area contributed by atoms with E-state index in [2.05, 4.69) is 22.6 Å². The molecule has 1 aromatic carbocycles. The molecular formula is C8H8F3IO4S. The van der Waals surface area contributed by atoms with Gasteiger partial charge >= 0.3 is 15.6 Å². The second-order valence-electron chi connectivity index (χ2n) is 2.58. The first-order valence-electron chi connectivity index (χ1n) is 3.91. The number of benzene rings is 1. The van der Waals surface area contributed by atoms with Crippen LogP contribution in [0, 0.1) is 3.57 Å². The highest BCUT2D eigenvalue weighted by atomic mass is 127. The largest absolute Gasteiger partial charge is 0.522 e. The Bertz CT molecular complexity index is 458. The molecule has 0 unspecified atom stereocenters. The molecule has 0 heterocycles. The highest BCUT2D eigenvalue weighted by molar-refractivity contribution is 14.1. The van der Waals surface area contributed by atoms with E-state index in [1.807, 2.05) is 24.3 Å². The molecule has 0 aliphatic heterocycles. The normalized spacial score (nSPS) is 11.4. The van der Waals surface area contributed by atoms with Crippen LogP contribution in [0.25, 0.3) is 0 Å². The molecule has 0 atom stereocenters. The standard InChI is InChI=1S/C7H7IO.CHF3O3S/c1-9-7-4-2-3-6(8)5-7;2-1(3,4)8(5,6)7/h2-5H,1H3;(H,5,6,7). The second kappa shape index (κ2) is 6.40. The first-order chi connectivity index (χ1) is 7.58. The van der Waals surface area contributed by atoms with Crippen LogP contribution < -0.4 is 4.74 Å². The van der Waals surface area contributed by atoms with Gasteiger partial charge in [0.2, 0.25) is 0 Å². The molecule has 1 aromatic rings. The van der Waals surface area contributed by atoms with Crippen molar-refractivity contribution in [3.05, 3.63) is 27.8 Å². The number of hydrogen-bond donors (Lipinski definition) is 1. The van der Waals surface area contributed by atoms with Gasteiger partial charge in [-0.15, -0.1) is 0 Å². The molecule has 0 saturated heterocycles. The van der Waals surface area contributed by atoms with E-state index in [0.717, 1.165) is 5.75 Å². The van der Waals surface area contributed by atoms with Crippen molar-refractivity contribution in [3.63, 3.8) is 0 Å². The summed E-state index contributed by atoms with van der Waals surface area (Å²) >= 11 is 2.25. The second-order valence-corrected chi connectivity index (χ2v) is 5.24. The molecule has 0 radical (unpaired) electrons. The van der Waals surface area contributed by atoms with E-state index < -0.39 is 15.6 Å². The molecule has 0 spiro atoms. The van der Waals surface area contributed by atoms with Crippen LogP contribution in [0.3, 0.4) is 0 Å². The zero-order valence-corrected chi connectivity index (χ0v) is 11.4. The minimum atomic E-state index is -5.84. The van der Waals surface area contributed by atoms with Crippen molar-refractivity contribution in [1.82, 2.24) is 0 Å². The summed E-state index contributed by atoms with van der Waals surface area (Å²) in [5.41, 5.74) is -5.53. The molecule has 4 nitrogen and oxygen atoms in total. The number of rotatable bonds is 1. The van der Waals surface area contributed by atoms with Crippen molar-refractivity contribution in [2.24, 2.45) is 0 Å². The van der Waals surface area contributed by atoms with Gasteiger partial charge in [0.1, 0.15) is 5.75 Å². The predicted molar refractivity (Wildman–Crippen MR) is 63.3 cm³/mol. The van der Waals surface area contributed by atoms with E-state index in [1.165, 1.54) is 3.57 Å². The molecule has 0 aromatic heterocycles. The van der Waals surface area contributed by atoms with Gasteiger partial charge in [0.05, 0.1) is 7.11 Å². The summed E-state index contributed by atoms with van der Waals surface area (Å²) in [7, 11) is -4.17. The topological polar surface area (TPSA) is 63.6 Å². The molecular weight excluding hydrogens is 376 g/mol. The Morgan fingerprint density at radius 2 is 1.82 bits per heavy atom. The minimum Gasteiger partial charge on any atom is -0.497 e. The van der Waals surface area contributed by atoms with Crippen molar-refractivity contribution in [2.75, 3.05) is 7.11 Å². The lowest BCUT2D eigenvalue weighted by atomic mass is 10.3. The average Bonchev–Trinajstić information content (AvgIpc) is 2.15. The van der Waals surface area contributed by atoms with Crippen LogP contribution >= 0.6 is 22.6 Å². The fourth-order valence-electron chi connectivity index (χ4n) is 0.594. The van der Waals surface area contributed by atoms with Gasteiger partial charge in [0.15, 0.2) is 0 Å². The van der Waals surface area contributed by atoms with Crippen LogP contribution in [0.1, 0.15) is 0 Å². The monoisotopic (exact) mass is 384 g/mol. The maximum absolute atomic E-state index is 10.7. The third-order valence-corrected chi connectivity index (χ3v) is 2.58. The molecule has 9 heteroatoms. The van der Waals surface area contributed by atoms with Crippen molar-refractivity contribution in [1.29, 1.82) is 0 Å². The number of hydrogen-bond acceptors (Lipinski definition) is 3. The summed E-state index contributed by atoms with van der Waals surface area (Å²) in [5.74, 6) is 0.918. The molecule has 1 rings (SSSR count). The summed E-state index contributed by atoms with van der Waals surface area (Å²) < 4.78 is 63.7. The highest BCUT2D eigenvalue weighted by Crippen LogP contribution is 2.20. The quantitative estimate of drug-likeness (QED) is 0.460. The third kappa shape index (κ3) is 6.68. The zero-order valence-electron chi connectivity index (χ0n) is 8.40. The lowest BCUT2D eigenvalue weighted by Gasteiger charge is -1.97. The molecule has 98 valence electrons. The lowest BCUT2D eigenvalue weighted by molar-refractivity contribution is -0.0510. The Morgan fingerprint density at radius 1 is 1.35 bits per heavy atom. The Kier molecular flexibility index (Phi) is 6.19. The van der Waals surface area contributed by atoms with Gasteiger partial charge in [0, 0.05) is 3.57 Å². The van der Waals surface area contributed by atoms with Crippen LogP contribution in [-0.2, 0) is 10.1 Å². The van der Waals surface area contributed by atoms with E-state index in [4.69, 9.17) is 17.7 Å². The van der Waals surface area contributed by atoms with Gasteiger partial charge in [-0.1, -0.05) is 6.07 Å². The molecule has 0 aliphatic rings. The van der Waals surface area contributed by atoms with Gasteiger partial charge in [-0.3, -0.25) is 4.55 Å². The molecule has 0 fully saturated rings. The van der Waals surface area contributed by atoms with Gasteiger partial charge in [0.25, 0.3) is 0 Å². The van der Waals surface area contributed by atoms with Gasteiger partial charge in [-0.25, -0.2) is 0 Å². The lowest BCUT2D eigenvalue weighted by Crippen LogP contribution is -2.21. The Hall–Kier alpha value is -0.550. The molecule has 17 heavy (non-hydrogen) atoms. The summed E-state index contributed by atoms with van der Waals surface area (Å²) in [6.07, 6.45) is 0. The zero-order chi connectivity index (χ0) is 13.7. The summed E-state index contributed by atoms with van der Waals surface area (Å²) in [4.78, 5) is 0. The summed E-state index contributed by atoms with van der Waals surface area (Å²) in [6, 6.07) is 7.92. The molecule has 0 saturated carbocycles. The van der Waals surface area contributed by atoms with Crippen molar-refractivity contribution < 1.29 is 30.9 Å². The van der Waals surface area contributed by atoms with E-state index >= 15 is 0 Å². The Balaban J connectivity index is 0.000000304. The first-order valence-corrected chi connectivity index (χ1v) is 6.43. The van der Waals surface area contributed by atoms with Crippen molar-refractivity contribution in [3.8, 4) is 5.75 Å². The highest BCUT2D eigenvalue weighted by Gasteiger charge is 2.44. The summed E-state index contributed by atoms with van der Waals surface area (Å²) in [6.45, 7) is 0. The van der Waals surface area contributed by atoms with Crippen LogP contribution in [0.15, 0.2) is 24.3 Å². The number of alkyl halides is 3. The summed E-state index contributed by atoms with van der Waals surface area (Å²) in [5, 5.41) is 0. The molecule has 0 aliphatic carbocycles. The molecule has 0 bridgehead atoms. The van der Waals surface area contributed by atoms with Crippen LogP contribution in [-0.4, -0.2) is 25.6 Å². The van der Waals surface area contributed by atoms with Gasteiger partial charge in [-0.05, 0) is 40.8 Å². The Morgan fingerprint density at radius 3 is 2.06 bits per heavy atom. The van der Waals surface area contributed by atoms with Crippen molar-refractivity contribution in [2.45, 2.75) is 5.51 Å². The van der Waals surface area contributed by atoms with E-state index in [1.54, 1.807) is 7.11 Å². The fourth-order valence-corrected chi connectivity index (χ4v) is 1.11. The van der Waals surface area contributed by atoms with Crippen LogP contribution in [0.5, 0.6) is 5.75 Å². The Labute approximate surface area is 110 Å². The first kappa shape index (κ1) is 16.4. The van der Waals surface area contributed by atoms with Crippen molar-refractivity contribution >= 4 is 32.7 Å². The van der Waals surface area contributed by atoms with E-state index in [0.29, 0.717) is 0 Å². The number of ether oxygens (including phenoxy) is 1. The van der Waals surface area contributed by atoms with E-state index in [-0.39, 0.29) is 0 Å². The van der Waals surface area contributed by atoms with Gasteiger partial charge in [-0.2, -0.15) is 21.6 Å². The maximum Gasteiger partial charge on any atom is 0.522 e. The average molecular weight is 384 g/mol. The molecule has 0 amide bonds. The number of methoxy groups -OCH3 is 1. The number of halogens is 4. The van der Waals surface area contributed by atoms with E-state index in [9.17, 15) is 13.2 Å². The van der Waals surface area contributed by atoms with Gasteiger partial charge < -0.3 is 4.74 Å². The maximum atomic E-state index is 10.7. The molecule has 1 N–H and O–H groups in total. The fraction of sp³-hybridized carbons (Fsp3) is 0.250. The van der Waals surface area contributed by atoms with Crippen LogP contribution in [0.4, 0.5) is 13.2 Å². The minimum absolute atomic E-state index is 0.918. The van der Waals surface area contributed by atoms with Crippen LogP contribution in [0.2, 0.25) is 0 Å². The SMILES string of the molecule is COc1cccc(I)c1.O=S(=O)(O)C(F)(F)F.